The molecule has 2 atom stereocenters. The minimum absolute atomic E-state index is 0.110. The maximum Gasteiger partial charge on any atom is 0.310 e. The highest BCUT2D eigenvalue weighted by Crippen LogP contribution is 2.61. The first-order chi connectivity index (χ1) is 14.9. The van der Waals surface area contributed by atoms with Gasteiger partial charge in [0.25, 0.3) is 0 Å². The number of carboxylic acids is 1. The van der Waals surface area contributed by atoms with E-state index in [0.717, 1.165) is 23.2 Å². The highest BCUT2D eigenvalue weighted by molar-refractivity contribution is 6.42. The molecule has 0 aliphatic heterocycles. The van der Waals surface area contributed by atoms with Crippen molar-refractivity contribution < 1.29 is 14.6 Å². The first-order valence-electron chi connectivity index (χ1n) is 10.2. The molecule has 31 heavy (non-hydrogen) atoms. The Kier molecular flexibility index (Phi) is 6.12. The molecule has 2 unspecified atom stereocenters. The minimum Gasteiger partial charge on any atom is -0.481 e. The lowest BCUT2D eigenvalue weighted by molar-refractivity contribution is -0.143. The third-order valence-electron chi connectivity index (χ3n) is 5.97. The average molecular weight is 456 g/mol. The van der Waals surface area contributed by atoms with Crippen LogP contribution in [0.2, 0.25) is 10.0 Å². The van der Waals surface area contributed by atoms with Crippen LogP contribution in [-0.4, -0.2) is 11.1 Å². The van der Waals surface area contributed by atoms with Gasteiger partial charge in [-0.15, -0.1) is 0 Å². The second-order valence-electron chi connectivity index (χ2n) is 7.87. The van der Waals surface area contributed by atoms with Gasteiger partial charge in [-0.25, -0.2) is 0 Å². The molecular weight excluding hydrogens is 433 g/mol. The molecule has 0 radical (unpaired) electrons. The first kappa shape index (κ1) is 21.5. The van der Waals surface area contributed by atoms with E-state index in [4.69, 9.17) is 27.9 Å². The Morgan fingerprint density at radius 1 is 1.06 bits per heavy atom. The maximum absolute atomic E-state index is 11.6. The molecule has 0 amide bonds. The number of aliphatic carboxylic acids is 1. The number of hydrogen-bond acceptors (Lipinski definition) is 3. The summed E-state index contributed by atoms with van der Waals surface area (Å²) >= 11 is 12.0. The van der Waals surface area contributed by atoms with Gasteiger partial charge >= 0.3 is 5.97 Å². The monoisotopic (exact) mass is 455 g/mol. The summed E-state index contributed by atoms with van der Waals surface area (Å²) in [6.45, 7) is 2.58. The fourth-order valence-electron chi connectivity index (χ4n) is 3.95. The fourth-order valence-corrected chi connectivity index (χ4v) is 4.24. The van der Waals surface area contributed by atoms with Gasteiger partial charge < -0.3 is 15.2 Å². The van der Waals surface area contributed by atoms with Crippen LogP contribution >= 0.6 is 23.2 Å². The maximum atomic E-state index is 11.6. The van der Waals surface area contributed by atoms with E-state index in [9.17, 15) is 9.90 Å². The zero-order valence-corrected chi connectivity index (χ0v) is 18.6. The van der Waals surface area contributed by atoms with E-state index in [1.807, 2.05) is 55.5 Å². The summed E-state index contributed by atoms with van der Waals surface area (Å²) in [4.78, 5) is 11.6. The summed E-state index contributed by atoms with van der Waals surface area (Å²) in [7, 11) is 0. The Balaban J connectivity index is 1.37. The number of nitrogens with one attached hydrogen (secondary N) is 1. The number of anilines is 1. The SMILES string of the molecule is CCC1(C(=O)O)CC1c1ccc(NCc2cccc(Oc3ccc(Cl)c(Cl)c3)c2)cc1. The van der Waals surface area contributed by atoms with Gasteiger partial charge in [0.05, 0.1) is 15.5 Å². The molecule has 4 nitrogen and oxygen atoms in total. The Morgan fingerprint density at radius 2 is 1.81 bits per heavy atom. The Hall–Kier alpha value is -2.69. The van der Waals surface area contributed by atoms with Gasteiger partial charge in [-0.3, -0.25) is 4.79 Å². The lowest BCUT2D eigenvalue weighted by Gasteiger charge is -2.12. The van der Waals surface area contributed by atoms with Crippen LogP contribution < -0.4 is 10.1 Å². The van der Waals surface area contributed by atoms with E-state index >= 15 is 0 Å². The summed E-state index contributed by atoms with van der Waals surface area (Å²) < 4.78 is 5.89. The predicted octanol–water partition coefficient (Wildman–Crippen LogP) is 7.37. The van der Waals surface area contributed by atoms with Crippen LogP contribution in [0.15, 0.2) is 66.7 Å². The summed E-state index contributed by atoms with van der Waals surface area (Å²) in [6, 6.07) is 21.1. The van der Waals surface area contributed by atoms with Crippen LogP contribution in [0.5, 0.6) is 11.5 Å². The van der Waals surface area contributed by atoms with Crippen LogP contribution in [-0.2, 0) is 11.3 Å². The van der Waals surface area contributed by atoms with Crippen molar-refractivity contribution in [2.75, 3.05) is 5.32 Å². The Bertz CT molecular complexity index is 1100. The van der Waals surface area contributed by atoms with Crippen LogP contribution in [0, 0.1) is 5.41 Å². The van der Waals surface area contributed by atoms with Gasteiger partial charge in [0.2, 0.25) is 0 Å². The Labute approximate surface area is 191 Å². The quantitative estimate of drug-likeness (QED) is 0.372. The highest BCUT2D eigenvalue weighted by Gasteiger charge is 2.59. The summed E-state index contributed by atoms with van der Waals surface area (Å²) in [5.74, 6) is 0.760. The van der Waals surface area contributed by atoms with Crippen LogP contribution in [0.25, 0.3) is 0 Å². The van der Waals surface area contributed by atoms with E-state index in [0.29, 0.717) is 34.5 Å². The smallest absolute Gasteiger partial charge is 0.310 e. The molecule has 0 bridgehead atoms. The molecule has 1 aliphatic rings. The molecular formula is C25H23Cl2NO3. The molecule has 1 aliphatic carbocycles. The van der Waals surface area contributed by atoms with Gasteiger partial charge in [0.1, 0.15) is 11.5 Å². The second kappa shape index (κ2) is 8.81. The van der Waals surface area contributed by atoms with E-state index in [1.54, 1.807) is 18.2 Å². The number of hydrogen-bond donors (Lipinski definition) is 2. The van der Waals surface area contributed by atoms with Crippen molar-refractivity contribution in [1.29, 1.82) is 0 Å². The van der Waals surface area contributed by atoms with Crippen molar-refractivity contribution in [2.24, 2.45) is 5.41 Å². The van der Waals surface area contributed by atoms with Gasteiger partial charge in [0.15, 0.2) is 0 Å². The van der Waals surface area contributed by atoms with Crippen molar-refractivity contribution >= 4 is 34.9 Å². The minimum atomic E-state index is -0.690. The molecule has 0 heterocycles. The topological polar surface area (TPSA) is 58.6 Å². The molecule has 3 aromatic rings. The molecule has 160 valence electrons. The normalized spacial score (nSPS) is 19.6. The van der Waals surface area contributed by atoms with Crippen molar-refractivity contribution in [1.82, 2.24) is 0 Å². The van der Waals surface area contributed by atoms with Gasteiger partial charge in [-0.1, -0.05) is 54.4 Å². The van der Waals surface area contributed by atoms with Crippen molar-refractivity contribution in [2.45, 2.75) is 32.2 Å². The number of ether oxygens (including phenoxy) is 1. The summed E-state index contributed by atoms with van der Waals surface area (Å²) in [5, 5.41) is 13.8. The molecule has 4 rings (SSSR count). The van der Waals surface area contributed by atoms with Crippen LogP contribution in [0.4, 0.5) is 5.69 Å². The van der Waals surface area contributed by atoms with Crippen LogP contribution in [0.3, 0.4) is 0 Å². The van der Waals surface area contributed by atoms with E-state index in [-0.39, 0.29) is 5.92 Å². The number of carboxylic acid groups (broad SMARTS) is 1. The number of halogens is 2. The molecule has 0 saturated heterocycles. The third kappa shape index (κ3) is 4.65. The molecule has 0 aromatic heterocycles. The zero-order valence-electron chi connectivity index (χ0n) is 17.1. The fraction of sp³-hybridized carbons (Fsp3) is 0.240. The highest BCUT2D eigenvalue weighted by atomic mass is 35.5. The molecule has 2 N–H and O–H groups in total. The molecule has 3 aromatic carbocycles. The van der Waals surface area contributed by atoms with Crippen molar-refractivity contribution in [3.8, 4) is 11.5 Å². The third-order valence-corrected chi connectivity index (χ3v) is 6.71. The van der Waals surface area contributed by atoms with Gasteiger partial charge in [-0.05, 0) is 60.4 Å². The van der Waals surface area contributed by atoms with E-state index in [2.05, 4.69) is 5.32 Å². The molecule has 6 heteroatoms. The lowest BCUT2D eigenvalue weighted by atomic mass is 9.96. The number of rotatable bonds is 8. The van der Waals surface area contributed by atoms with Gasteiger partial charge in [0, 0.05) is 24.2 Å². The summed E-state index contributed by atoms with van der Waals surface area (Å²) in [6.07, 6.45) is 1.38. The number of benzene rings is 3. The molecule has 1 fully saturated rings. The lowest BCUT2D eigenvalue weighted by Crippen LogP contribution is -2.15. The predicted molar refractivity (Wildman–Crippen MR) is 124 cm³/mol. The first-order valence-corrected chi connectivity index (χ1v) is 11.0. The average Bonchev–Trinajstić information content (AvgIpc) is 3.52. The molecule has 1 saturated carbocycles. The second-order valence-corrected chi connectivity index (χ2v) is 8.69. The van der Waals surface area contributed by atoms with Crippen molar-refractivity contribution in [3.05, 3.63) is 87.9 Å². The summed E-state index contributed by atoms with van der Waals surface area (Å²) in [5.41, 5.74) is 2.56. The van der Waals surface area contributed by atoms with Gasteiger partial charge in [-0.2, -0.15) is 0 Å². The molecule has 0 spiro atoms. The van der Waals surface area contributed by atoms with Crippen LogP contribution in [0.1, 0.15) is 36.8 Å². The largest absolute Gasteiger partial charge is 0.481 e. The van der Waals surface area contributed by atoms with Crippen molar-refractivity contribution in [3.63, 3.8) is 0 Å². The standard InChI is InChI=1S/C25H23Cl2NO3/c1-2-25(24(29)30)14-21(25)17-6-8-18(9-7-17)28-15-16-4-3-5-19(12-16)31-20-10-11-22(26)23(27)13-20/h3-13,21,28H,2,14-15H2,1H3,(H,29,30). The van der Waals surface area contributed by atoms with E-state index < -0.39 is 11.4 Å². The number of carbonyl (C=O) groups is 1. The van der Waals surface area contributed by atoms with E-state index in [1.165, 1.54) is 0 Å². The Morgan fingerprint density at radius 3 is 2.45 bits per heavy atom. The zero-order chi connectivity index (χ0) is 22.0.